The summed E-state index contributed by atoms with van der Waals surface area (Å²) in [5.74, 6) is 0. The Morgan fingerprint density at radius 3 is 1.17 bits per heavy atom. The molecule has 0 aromatic carbocycles. The average Bonchev–Trinajstić information content (AvgIpc) is 2.60. The first-order valence-electron chi connectivity index (χ1n) is 11.1. The van der Waals surface area contributed by atoms with E-state index in [4.69, 9.17) is 6.58 Å². The molecule has 0 aromatic rings. The second-order valence-electron chi connectivity index (χ2n) is 7.42. The predicted octanol–water partition coefficient (Wildman–Crippen LogP) is 8.96. The van der Waals surface area contributed by atoms with Crippen LogP contribution in [0.25, 0.3) is 0 Å². The average molecular weight is 334 g/mol. The van der Waals surface area contributed by atoms with Crippen LogP contribution in [0.4, 0.5) is 0 Å². The fourth-order valence-electron chi connectivity index (χ4n) is 3.34. The molecule has 0 nitrogen and oxygen atoms in total. The Morgan fingerprint density at radius 2 is 0.833 bits per heavy atom. The lowest BCUT2D eigenvalue weighted by Crippen LogP contribution is -1.84. The van der Waals surface area contributed by atoms with Crippen LogP contribution in [0.15, 0.2) is 18.2 Å². The summed E-state index contributed by atoms with van der Waals surface area (Å²) in [6, 6.07) is 0. The Hall–Kier alpha value is -0.520. The minimum atomic E-state index is 1.19. The van der Waals surface area contributed by atoms with E-state index in [0.717, 1.165) is 0 Å². The van der Waals surface area contributed by atoms with E-state index >= 15 is 0 Å². The summed E-state index contributed by atoms with van der Waals surface area (Å²) in [5.41, 5.74) is 0. The fourth-order valence-corrected chi connectivity index (χ4v) is 3.34. The summed E-state index contributed by atoms with van der Waals surface area (Å²) in [7, 11) is 0. The van der Waals surface area contributed by atoms with Crippen molar-refractivity contribution in [2.24, 2.45) is 0 Å². The number of hydrogen-bond donors (Lipinski definition) is 0. The van der Waals surface area contributed by atoms with Crippen molar-refractivity contribution in [1.29, 1.82) is 0 Å². The Kier molecular flexibility index (Phi) is 22.0. The van der Waals surface area contributed by atoms with Gasteiger partial charge in [-0.05, 0) is 12.8 Å². The van der Waals surface area contributed by atoms with E-state index in [1.807, 2.05) is 6.08 Å². The molecular formula is C24H45. The zero-order chi connectivity index (χ0) is 17.6. The highest BCUT2D eigenvalue weighted by Gasteiger charge is 1.94. The van der Waals surface area contributed by atoms with Gasteiger partial charge in [0.2, 0.25) is 0 Å². The Morgan fingerprint density at radius 1 is 0.500 bits per heavy atom. The Balaban J connectivity index is 2.98. The maximum absolute atomic E-state index is 5.30. The van der Waals surface area contributed by atoms with E-state index in [2.05, 4.69) is 13.0 Å². The molecule has 0 unspecified atom stereocenters. The zero-order valence-corrected chi connectivity index (χ0v) is 16.7. The molecule has 0 rings (SSSR count). The molecule has 0 heterocycles. The molecule has 0 N–H and O–H groups in total. The smallest absolute Gasteiger partial charge is 0.0348 e. The predicted molar refractivity (Wildman–Crippen MR) is 111 cm³/mol. The van der Waals surface area contributed by atoms with Crippen molar-refractivity contribution in [3.63, 3.8) is 0 Å². The van der Waals surface area contributed by atoms with Crippen LogP contribution in [-0.4, -0.2) is 0 Å². The first kappa shape index (κ1) is 23.5. The van der Waals surface area contributed by atoms with Gasteiger partial charge < -0.3 is 0 Å². The monoisotopic (exact) mass is 333 g/mol. The van der Waals surface area contributed by atoms with Crippen molar-refractivity contribution in [2.45, 2.75) is 129 Å². The van der Waals surface area contributed by atoms with Crippen LogP contribution < -0.4 is 0 Å². The van der Waals surface area contributed by atoms with Crippen molar-refractivity contribution in [3.8, 4) is 0 Å². The van der Waals surface area contributed by atoms with E-state index in [1.54, 1.807) is 6.08 Å². The Labute approximate surface area is 154 Å². The number of allylic oxidation sites excluding steroid dienone is 3. The molecule has 0 aromatic heterocycles. The summed E-state index contributed by atoms with van der Waals surface area (Å²) in [6.07, 6.45) is 32.9. The van der Waals surface area contributed by atoms with Gasteiger partial charge in [0.05, 0.1) is 0 Å². The van der Waals surface area contributed by atoms with Gasteiger partial charge in [-0.2, -0.15) is 0 Å². The van der Waals surface area contributed by atoms with Crippen LogP contribution in [0.2, 0.25) is 0 Å². The van der Waals surface area contributed by atoms with E-state index in [9.17, 15) is 0 Å². The second kappa shape index (κ2) is 22.5. The van der Waals surface area contributed by atoms with Crippen LogP contribution in [0, 0.1) is 6.58 Å². The van der Waals surface area contributed by atoms with Crippen molar-refractivity contribution >= 4 is 0 Å². The molecule has 0 atom stereocenters. The summed E-state index contributed by atoms with van der Waals surface area (Å²) >= 11 is 0. The summed E-state index contributed by atoms with van der Waals surface area (Å²) < 4.78 is 0. The molecule has 0 bridgehead atoms. The van der Waals surface area contributed by atoms with Gasteiger partial charge in [-0.25, -0.2) is 0 Å². The lowest BCUT2D eigenvalue weighted by Gasteiger charge is -2.03. The molecule has 0 fully saturated rings. The molecule has 0 aliphatic heterocycles. The molecule has 0 aliphatic carbocycles. The van der Waals surface area contributed by atoms with Crippen LogP contribution in [0.3, 0.4) is 0 Å². The molecule has 1 radical (unpaired) electrons. The summed E-state index contributed by atoms with van der Waals surface area (Å²) in [6.45, 7) is 7.59. The van der Waals surface area contributed by atoms with E-state index < -0.39 is 0 Å². The number of hydrogen-bond acceptors (Lipinski definition) is 0. The molecule has 0 saturated carbocycles. The number of unbranched alkanes of at least 4 members (excludes halogenated alkanes) is 18. The summed E-state index contributed by atoms with van der Waals surface area (Å²) in [5, 5.41) is 0. The zero-order valence-electron chi connectivity index (χ0n) is 16.7. The van der Waals surface area contributed by atoms with E-state index in [1.165, 1.54) is 122 Å². The standard InChI is InChI=1S/C24H45/c1-3-5-7-9-11-13-15-17-19-21-23-24-22-20-18-16-14-12-10-8-6-4-2/h1,3,5,7H,4,6,8-24H2,2H3/b3-1?,7-5+. The van der Waals surface area contributed by atoms with Crippen molar-refractivity contribution in [3.05, 3.63) is 24.8 Å². The summed E-state index contributed by atoms with van der Waals surface area (Å²) in [4.78, 5) is 0. The molecule has 0 amide bonds. The minimum absolute atomic E-state index is 1.19. The van der Waals surface area contributed by atoms with Gasteiger partial charge in [-0.3, -0.25) is 0 Å². The lowest BCUT2D eigenvalue weighted by molar-refractivity contribution is 0.525. The molecule has 0 spiro atoms. The van der Waals surface area contributed by atoms with Gasteiger partial charge in [-0.15, -0.1) is 0 Å². The van der Waals surface area contributed by atoms with Crippen LogP contribution >= 0.6 is 0 Å². The Bertz CT molecular complexity index is 251. The molecule has 0 saturated heterocycles. The highest BCUT2D eigenvalue weighted by atomic mass is 14.0. The van der Waals surface area contributed by atoms with Gasteiger partial charge in [0.25, 0.3) is 0 Å². The second-order valence-corrected chi connectivity index (χ2v) is 7.42. The lowest BCUT2D eigenvalue weighted by atomic mass is 10.0. The van der Waals surface area contributed by atoms with Crippen LogP contribution in [-0.2, 0) is 0 Å². The van der Waals surface area contributed by atoms with Gasteiger partial charge in [0, 0.05) is 0 Å². The minimum Gasteiger partial charge on any atom is -0.0845 e. The maximum atomic E-state index is 5.30. The topological polar surface area (TPSA) is 0 Å². The van der Waals surface area contributed by atoms with Gasteiger partial charge >= 0.3 is 0 Å². The quantitative estimate of drug-likeness (QED) is 0.154. The normalized spacial score (nSPS) is 11.4. The highest BCUT2D eigenvalue weighted by Crippen LogP contribution is 2.14. The van der Waals surface area contributed by atoms with Crippen LogP contribution in [0.1, 0.15) is 129 Å². The third-order valence-corrected chi connectivity index (χ3v) is 4.97. The van der Waals surface area contributed by atoms with Crippen molar-refractivity contribution in [2.75, 3.05) is 0 Å². The molecule has 0 heteroatoms. The first-order chi connectivity index (χ1) is 11.9. The SMILES string of the molecule is [CH]=C/C=C/CCCCCCCCCCCCCCCCCCCC. The van der Waals surface area contributed by atoms with Crippen LogP contribution in [0.5, 0.6) is 0 Å². The molecule has 0 aliphatic rings. The van der Waals surface area contributed by atoms with Crippen molar-refractivity contribution in [1.82, 2.24) is 0 Å². The fraction of sp³-hybridized carbons (Fsp3) is 0.833. The molecular weight excluding hydrogens is 288 g/mol. The first-order valence-corrected chi connectivity index (χ1v) is 11.1. The van der Waals surface area contributed by atoms with Crippen molar-refractivity contribution < 1.29 is 0 Å². The largest absolute Gasteiger partial charge is 0.0845 e. The van der Waals surface area contributed by atoms with Gasteiger partial charge in [0.15, 0.2) is 0 Å². The van der Waals surface area contributed by atoms with E-state index in [0.29, 0.717) is 0 Å². The number of rotatable bonds is 20. The maximum Gasteiger partial charge on any atom is -0.0348 e. The van der Waals surface area contributed by atoms with Gasteiger partial charge in [-0.1, -0.05) is 141 Å². The highest BCUT2D eigenvalue weighted by molar-refractivity contribution is 4.95. The molecule has 24 heavy (non-hydrogen) atoms. The van der Waals surface area contributed by atoms with E-state index in [-0.39, 0.29) is 0 Å². The third kappa shape index (κ3) is 21.5. The molecule has 141 valence electrons. The third-order valence-electron chi connectivity index (χ3n) is 4.97. The van der Waals surface area contributed by atoms with Gasteiger partial charge in [0.1, 0.15) is 0 Å².